The number of benzene rings is 1. The van der Waals surface area contributed by atoms with Gasteiger partial charge in [-0.2, -0.15) is 14.0 Å². The van der Waals surface area contributed by atoms with Gasteiger partial charge >= 0.3 is 0 Å². The van der Waals surface area contributed by atoms with E-state index < -0.39 is 10.2 Å². The molecule has 9 heteroatoms. The van der Waals surface area contributed by atoms with Gasteiger partial charge in [-0.25, -0.2) is 4.58 Å². The van der Waals surface area contributed by atoms with Crippen molar-refractivity contribution < 1.29 is 33.5 Å². The monoisotopic (exact) mass is 440 g/mol. The van der Waals surface area contributed by atoms with Crippen molar-refractivity contribution >= 4 is 23.2 Å². The fourth-order valence-electron chi connectivity index (χ4n) is 2.76. The highest BCUT2D eigenvalue weighted by atomic mass is 35.7. The molecule has 0 fully saturated rings. The lowest BCUT2D eigenvalue weighted by atomic mass is 9.96. The first-order valence-corrected chi connectivity index (χ1v) is 10.6. The second-order valence-electron chi connectivity index (χ2n) is 6.60. The quantitative estimate of drug-likeness (QED) is 0.629. The van der Waals surface area contributed by atoms with Crippen molar-refractivity contribution in [2.24, 2.45) is 0 Å². The smallest absolute Gasteiger partial charge is 0.199 e. The lowest BCUT2D eigenvalue weighted by molar-refractivity contribution is -1.92. The summed E-state index contributed by atoms with van der Waals surface area (Å²) in [6.07, 6.45) is 11.1. The summed E-state index contributed by atoms with van der Waals surface area (Å²) < 4.78 is 34.9. The van der Waals surface area contributed by atoms with Crippen LogP contribution in [0.4, 0.5) is 5.69 Å². The Balaban J connectivity index is 0.000000628. The lowest BCUT2D eigenvalue weighted by Crippen LogP contribution is -2.58. The maximum absolute atomic E-state index is 8.60. The van der Waals surface area contributed by atoms with Crippen molar-refractivity contribution in [1.29, 1.82) is 0 Å². The van der Waals surface area contributed by atoms with E-state index in [0.717, 1.165) is 0 Å². The fourth-order valence-corrected chi connectivity index (χ4v) is 3.81. The highest BCUT2D eigenvalue weighted by Crippen LogP contribution is 2.44. The highest BCUT2D eigenvalue weighted by Gasteiger charge is 2.22. The van der Waals surface area contributed by atoms with Crippen molar-refractivity contribution in [2.45, 2.75) is 5.25 Å². The number of nitrogens with zero attached hydrogens (tertiary/aromatic N) is 2. The van der Waals surface area contributed by atoms with Gasteiger partial charge in [0.15, 0.2) is 5.71 Å². The fraction of sp³-hybridized carbons (Fsp3) is 0.250. The first-order valence-electron chi connectivity index (χ1n) is 8.43. The van der Waals surface area contributed by atoms with Gasteiger partial charge in [0.1, 0.15) is 14.1 Å². The minimum atomic E-state index is -4.69. The molecule has 1 aliphatic heterocycles. The molecule has 1 unspecified atom stereocenters. The van der Waals surface area contributed by atoms with Crippen LogP contribution in [0.3, 0.4) is 0 Å². The third-order valence-electron chi connectivity index (χ3n) is 4.17. The van der Waals surface area contributed by atoms with Gasteiger partial charge in [-0.15, -0.1) is 11.8 Å². The summed E-state index contributed by atoms with van der Waals surface area (Å²) in [5.41, 5.74) is 6.52. The summed E-state index contributed by atoms with van der Waals surface area (Å²) in [6, 6.07) is 8.88. The largest absolute Gasteiger partial charge is 0.378 e. The van der Waals surface area contributed by atoms with E-state index >= 15 is 0 Å². The van der Waals surface area contributed by atoms with Crippen LogP contribution < -0.4 is 25.0 Å². The van der Waals surface area contributed by atoms with E-state index in [1.807, 2.05) is 11.8 Å². The van der Waals surface area contributed by atoms with Gasteiger partial charge in [-0.3, -0.25) is 0 Å². The molecule has 0 spiro atoms. The molecule has 1 heterocycles. The molecule has 0 bridgehead atoms. The average molecular weight is 441 g/mol. The molecular weight excluding hydrogens is 414 g/mol. The molecular formula is C20H27ClN3O4S+. The Morgan fingerprint density at radius 3 is 1.93 bits per heavy atom. The normalized spacial score (nSPS) is 17.7. The van der Waals surface area contributed by atoms with Gasteiger partial charge in [-0.05, 0) is 46.4 Å². The molecule has 0 saturated carbocycles. The molecule has 4 N–H and O–H groups in total. The molecule has 0 radical (unpaired) electrons. The molecule has 1 atom stereocenters. The number of rotatable bonds is 2. The third kappa shape index (κ3) is 7.79. The van der Waals surface area contributed by atoms with Crippen LogP contribution in [0.25, 0.3) is 0 Å². The van der Waals surface area contributed by atoms with Crippen LogP contribution in [0.15, 0.2) is 71.2 Å². The minimum absolute atomic E-state index is 0. The van der Waals surface area contributed by atoms with Crippen LogP contribution in [0.1, 0.15) is 10.8 Å². The van der Waals surface area contributed by atoms with E-state index in [-0.39, 0.29) is 6.15 Å². The second kappa shape index (κ2) is 10.7. The van der Waals surface area contributed by atoms with Gasteiger partial charge in [0.2, 0.25) is 0 Å². The Morgan fingerprint density at radius 1 is 0.966 bits per heavy atom. The maximum atomic E-state index is 8.60. The summed E-state index contributed by atoms with van der Waals surface area (Å²) in [5, 5.41) is 2.59. The van der Waals surface area contributed by atoms with Crippen molar-refractivity contribution in [3.63, 3.8) is 0 Å². The Morgan fingerprint density at radius 2 is 1.48 bits per heavy atom. The topological polar surface area (TPSA) is 131 Å². The SMILES string of the molecule is CN(C)c1ccc(C2SC=CC2=C2C=CC(=[N+](C)C)C=C2)cc1.N.[O-][Cl+3]([O-])([O-])O. The summed E-state index contributed by atoms with van der Waals surface area (Å²) >= 11 is 1.88. The van der Waals surface area contributed by atoms with Gasteiger partial charge < -0.3 is 11.1 Å². The van der Waals surface area contributed by atoms with Crippen LogP contribution in [-0.4, -0.2) is 43.1 Å². The maximum Gasteiger partial charge on any atom is 0.199 e. The van der Waals surface area contributed by atoms with Gasteiger partial charge in [0.05, 0.1) is 20.2 Å². The molecule has 2 aliphatic rings. The third-order valence-corrected chi connectivity index (χ3v) is 5.27. The van der Waals surface area contributed by atoms with Crippen LogP contribution in [0.2, 0.25) is 0 Å². The van der Waals surface area contributed by atoms with Crippen molar-refractivity contribution in [1.82, 2.24) is 6.15 Å². The molecule has 1 aromatic rings. The van der Waals surface area contributed by atoms with Crippen molar-refractivity contribution in [3.05, 3.63) is 76.8 Å². The molecule has 0 amide bonds. The van der Waals surface area contributed by atoms with Crippen LogP contribution in [-0.2, 0) is 0 Å². The van der Waals surface area contributed by atoms with E-state index in [9.17, 15) is 0 Å². The average Bonchev–Trinajstić information content (AvgIpc) is 3.10. The molecule has 7 nitrogen and oxygen atoms in total. The standard InChI is InChI=1S/C20H23N2S.ClHO4.H3N/c1-21(2)17-9-5-15(6-10-17)19-13-14-23-20(19)16-7-11-18(12-8-16)22(3)4;2-1(3,4)5;/h5-14,20H,1-4H3;(H,2,3,4,5);1H3/q+1;;. The Labute approximate surface area is 178 Å². The Kier molecular flexibility index (Phi) is 9.31. The summed E-state index contributed by atoms with van der Waals surface area (Å²) in [4.78, 5) is 2.13. The Hall–Kier alpha value is -1.91. The molecule has 3 rings (SSSR count). The second-order valence-corrected chi connectivity index (χ2v) is 8.41. The van der Waals surface area contributed by atoms with Gasteiger partial charge in [0.25, 0.3) is 0 Å². The van der Waals surface area contributed by atoms with Gasteiger partial charge in [0, 0.05) is 31.9 Å². The molecule has 1 aromatic carbocycles. The first-order chi connectivity index (χ1) is 13.1. The predicted octanol–water partition coefficient (Wildman–Crippen LogP) is 0.228. The summed E-state index contributed by atoms with van der Waals surface area (Å²) in [5.74, 6) is 0. The summed E-state index contributed by atoms with van der Waals surface area (Å²) in [7, 11) is 3.60. The number of hydrogen-bond donors (Lipinski definition) is 2. The van der Waals surface area contributed by atoms with E-state index in [4.69, 9.17) is 18.6 Å². The van der Waals surface area contributed by atoms with E-state index in [1.165, 1.54) is 28.1 Å². The number of anilines is 1. The zero-order valence-corrected chi connectivity index (χ0v) is 18.5. The Bertz CT molecular complexity index is 825. The number of hydrogen-bond acceptors (Lipinski definition) is 7. The van der Waals surface area contributed by atoms with Crippen molar-refractivity contribution in [3.8, 4) is 0 Å². The van der Waals surface area contributed by atoms with Crippen LogP contribution in [0, 0.1) is 10.2 Å². The van der Waals surface area contributed by atoms with E-state index in [1.54, 1.807) is 0 Å². The highest BCUT2D eigenvalue weighted by molar-refractivity contribution is 8.02. The molecule has 158 valence electrons. The molecule has 1 aliphatic carbocycles. The molecule has 29 heavy (non-hydrogen) atoms. The zero-order chi connectivity index (χ0) is 20.9. The summed E-state index contributed by atoms with van der Waals surface area (Å²) in [6.45, 7) is 0. The number of allylic oxidation sites excluding steroid dienone is 6. The molecule has 0 aromatic heterocycles. The van der Waals surface area contributed by atoms with Gasteiger partial charge in [-0.1, -0.05) is 18.2 Å². The van der Waals surface area contributed by atoms with E-state index in [2.05, 4.69) is 97.7 Å². The van der Waals surface area contributed by atoms with Crippen molar-refractivity contribution in [2.75, 3.05) is 33.1 Å². The first kappa shape index (κ1) is 25.1. The molecule has 0 saturated heterocycles. The lowest BCUT2D eigenvalue weighted by Gasteiger charge is -2.17. The zero-order valence-electron chi connectivity index (χ0n) is 16.9. The van der Waals surface area contributed by atoms with E-state index in [0.29, 0.717) is 5.25 Å². The minimum Gasteiger partial charge on any atom is -0.378 e. The predicted molar refractivity (Wildman–Crippen MR) is 110 cm³/mol. The number of thioether (sulfide) groups is 1. The van der Waals surface area contributed by atoms with Crippen LogP contribution in [0.5, 0.6) is 0 Å². The number of halogens is 1. The van der Waals surface area contributed by atoms with Crippen LogP contribution >= 0.6 is 11.8 Å².